The van der Waals surface area contributed by atoms with Crippen LogP contribution in [0.2, 0.25) is 48.4 Å². The summed E-state index contributed by atoms with van der Waals surface area (Å²) in [6.45, 7) is 12.3. The van der Waals surface area contributed by atoms with E-state index in [4.69, 9.17) is 120 Å². The van der Waals surface area contributed by atoms with Gasteiger partial charge >= 0.3 is 61.6 Å². The molecular weight excluding hydrogens is 1270 g/mol. The Morgan fingerprint density at radius 3 is 0.871 bits per heavy atom. The van der Waals surface area contributed by atoms with Crippen LogP contribution >= 0.6 is 0 Å². The van der Waals surface area contributed by atoms with Crippen molar-refractivity contribution in [1.82, 2.24) is 0 Å². The second-order valence-corrected chi connectivity index (χ2v) is 49.3. The first-order valence-corrected chi connectivity index (χ1v) is 48.1. The third-order valence-corrected chi connectivity index (χ3v) is 52.7. The highest BCUT2D eigenvalue weighted by atomic mass is 28.6. The highest BCUT2D eigenvalue weighted by molar-refractivity contribution is 6.99. The van der Waals surface area contributed by atoms with E-state index in [0.29, 0.717) is 226 Å². The van der Waals surface area contributed by atoms with Gasteiger partial charge in [0.05, 0.1) is 92.5 Å². The molecule has 11 heterocycles. The highest BCUT2D eigenvalue weighted by Gasteiger charge is 2.78. The van der Waals surface area contributed by atoms with E-state index >= 15 is 0 Å². The van der Waals surface area contributed by atoms with E-state index in [9.17, 15) is 0 Å². The summed E-state index contributed by atoms with van der Waals surface area (Å²) in [7, 11) is -33.2. The summed E-state index contributed by atoms with van der Waals surface area (Å²) in [6, 6.07) is 2.88. The maximum absolute atomic E-state index is 8.14. The zero-order chi connectivity index (χ0) is 57.6. The molecule has 85 heavy (non-hydrogen) atoms. The molecule has 0 spiro atoms. The summed E-state index contributed by atoms with van der Waals surface area (Å²) >= 11 is 0. The number of hydrogen-bond acceptors (Lipinski definition) is 27. The Morgan fingerprint density at radius 2 is 0.565 bits per heavy atom. The summed E-state index contributed by atoms with van der Waals surface area (Å²) in [6.07, 6.45) is 7.34. The van der Waals surface area contributed by atoms with Crippen LogP contribution < -0.4 is 0 Å². The molecule has 488 valence electrons. The molecule has 0 amide bonds. The second-order valence-electron chi connectivity index (χ2n) is 24.1. The van der Waals surface area contributed by atoms with Crippen molar-refractivity contribution in [2.24, 2.45) is 5.92 Å². The number of ether oxygens (including phenoxy) is 15. The SMILES string of the molecule is C(COCC1CO1)C[SiH2]O[Si]1(CCCOCC2CO2)O[Si]2(CCCOCC3CC3)O[Si]3(CCCOCC4CO4)O[SiH2]O[Si]4(CCCOCC5CO5)O[Si](CCCOCC5CO5)(O1)O[Si](CCCOCC1CO1)(O2)O[Si](CCCOCC1CO1)(O3)O4. The van der Waals surface area contributed by atoms with Crippen molar-refractivity contribution in [3.8, 4) is 0 Å². The van der Waals surface area contributed by atoms with Gasteiger partial charge in [0.1, 0.15) is 42.7 Å². The van der Waals surface area contributed by atoms with Crippen LogP contribution in [0, 0.1) is 5.92 Å². The van der Waals surface area contributed by atoms with Gasteiger partial charge in [0.25, 0.3) is 10.0 Å². The van der Waals surface area contributed by atoms with Crippen LogP contribution in [0.1, 0.15) is 64.2 Å². The van der Waals surface area contributed by atoms with Gasteiger partial charge in [-0.1, -0.05) is 0 Å². The smallest absolute Gasteiger partial charge is 0.422 e. The average molecular weight is 1370 g/mol. The molecule has 12 fully saturated rings. The lowest BCUT2D eigenvalue weighted by atomic mass is 10.4. The fourth-order valence-corrected chi connectivity index (χ4v) is 57.8. The van der Waals surface area contributed by atoms with E-state index in [0.717, 1.165) is 19.1 Å². The van der Waals surface area contributed by atoms with Crippen LogP contribution in [0.3, 0.4) is 0 Å². The predicted molar refractivity (Wildman–Crippen MR) is 313 cm³/mol. The molecule has 14 atom stereocenters. The topological polar surface area (TPSA) is 272 Å². The monoisotopic (exact) mass is 1370 g/mol. The van der Waals surface area contributed by atoms with Gasteiger partial charge in [-0.25, -0.2) is 0 Å². The Kier molecular flexibility index (Phi) is 24.7. The van der Waals surface area contributed by atoms with Crippen molar-refractivity contribution in [2.45, 2.75) is 155 Å². The fraction of sp³-hybridized carbons (Fsp3) is 1.00. The molecule has 0 aromatic rings. The Labute approximate surface area is 512 Å². The lowest BCUT2D eigenvalue weighted by Crippen LogP contribution is -2.83. The molecule has 0 N–H and O–H groups in total. The lowest BCUT2D eigenvalue weighted by Gasteiger charge is -2.59. The molecular formula is C49H94O27Si9. The van der Waals surface area contributed by atoms with E-state index in [1.54, 1.807) is 0 Å². The van der Waals surface area contributed by atoms with Crippen LogP contribution in [0.5, 0.6) is 0 Å². The minimum Gasteiger partial charge on any atom is -0.422 e. The predicted octanol–water partition coefficient (Wildman–Crippen LogP) is 1.77. The van der Waals surface area contributed by atoms with Gasteiger partial charge in [-0.05, 0) is 76.2 Å². The highest BCUT2D eigenvalue weighted by Crippen LogP contribution is 2.50. The quantitative estimate of drug-likeness (QED) is 0.0477. The summed E-state index contributed by atoms with van der Waals surface area (Å²) in [4.78, 5) is 0. The lowest BCUT2D eigenvalue weighted by molar-refractivity contribution is -0.00113. The van der Waals surface area contributed by atoms with Crippen molar-refractivity contribution in [2.75, 3.05) is 152 Å². The molecule has 14 unspecified atom stereocenters. The third-order valence-electron chi connectivity index (χ3n) is 15.8. The van der Waals surface area contributed by atoms with Gasteiger partial charge in [-0.3, -0.25) is 0 Å². The number of fused-ring (bicyclic) bond motifs is 4. The fourth-order valence-electron chi connectivity index (χ4n) is 10.4. The average Bonchev–Trinajstić information content (AvgIpc) is 1.78. The Morgan fingerprint density at radius 1 is 0.306 bits per heavy atom. The van der Waals surface area contributed by atoms with Crippen molar-refractivity contribution in [1.29, 1.82) is 0 Å². The molecule has 11 saturated heterocycles. The van der Waals surface area contributed by atoms with E-state index in [-0.39, 0.29) is 54.8 Å². The van der Waals surface area contributed by atoms with Crippen molar-refractivity contribution in [3.05, 3.63) is 0 Å². The zero-order valence-electron chi connectivity index (χ0n) is 49.5. The van der Waals surface area contributed by atoms with Gasteiger partial charge in [0.15, 0.2) is 9.76 Å². The molecule has 0 radical (unpaired) electrons. The molecule has 6 bridgehead atoms. The van der Waals surface area contributed by atoms with E-state index in [1.807, 2.05) is 0 Å². The van der Waals surface area contributed by atoms with Crippen LogP contribution in [0.4, 0.5) is 0 Å². The van der Waals surface area contributed by atoms with Gasteiger partial charge in [-0.2, -0.15) is 0 Å². The van der Waals surface area contributed by atoms with E-state index in [2.05, 4.69) is 0 Å². The third kappa shape index (κ3) is 22.5. The van der Waals surface area contributed by atoms with E-state index < -0.39 is 81.4 Å². The molecule has 0 aromatic carbocycles. The molecule has 12 rings (SSSR count). The number of epoxide rings is 7. The largest absolute Gasteiger partial charge is 0.478 e. The maximum atomic E-state index is 8.14. The molecule has 1 saturated carbocycles. The Balaban J connectivity index is 0.946. The van der Waals surface area contributed by atoms with E-state index in [1.165, 1.54) is 12.8 Å². The Hall–Kier alpha value is 0.872. The summed E-state index contributed by atoms with van der Waals surface area (Å²) in [5.41, 5.74) is 0. The minimum absolute atomic E-state index is 0.0743. The van der Waals surface area contributed by atoms with Gasteiger partial charge in [-0.15, -0.1) is 0 Å². The number of hydrogen-bond donors (Lipinski definition) is 0. The summed E-state index contributed by atoms with van der Waals surface area (Å²) in [5.74, 6) is 0.568. The van der Waals surface area contributed by atoms with Gasteiger partial charge in [0, 0.05) is 102 Å². The zero-order valence-corrected chi connectivity index (χ0v) is 59.4. The van der Waals surface area contributed by atoms with Crippen LogP contribution in [-0.2, 0) is 120 Å². The second kappa shape index (κ2) is 31.9. The molecule has 36 heteroatoms. The van der Waals surface area contributed by atoms with Crippen LogP contribution in [-0.4, -0.2) is 276 Å². The first-order valence-electron chi connectivity index (χ1n) is 31.9. The first-order chi connectivity index (χ1) is 41.7. The molecule has 12 aliphatic rings. The molecule has 0 aromatic heterocycles. The normalized spacial score (nSPS) is 39.6. The standard InChI is InChI=1S/C49H94O27Si9/c1(11-51-28-43-35-58-43)19-77-65-79(20-2-13-52-29-44-36-59-44)68-82(23-5-12-50-27-42-9-10-42)70-80(21-3-14-53-30-45-37-60-45)66-78-67-81(22-4-15-54-31-46-38-61-46)71-83(69-79,24-6-16-55-32-47-39-62-47)75-85(74-82,26-8-18-57-34-49-41-64-49)76-84(72-80,73-81)25-7-17-56-33-48-40-63-48/h42-49H,1-41,77-78H2. The van der Waals surface area contributed by atoms with Crippen LogP contribution in [0.15, 0.2) is 0 Å². The minimum atomic E-state index is -4.36. The van der Waals surface area contributed by atoms with Crippen molar-refractivity contribution in [3.63, 3.8) is 0 Å². The first kappa shape index (κ1) is 65.9. The van der Waals surface area contributed by atoms with Gasteiger partial charge < -0.3 is 120 Å². The molecule has 1 aliphatic carbocycles. The molecule has 27 nitrogen and oxygen atoms in total. The maximum Gasteiger partial charge on any atom is 0.478 e. The number of rotatable bonds is 50. The van der Waals surface area contributed by atoms with Gasteiger partial charge in [0.2, 0.25) is 0 Å². The summed E-state index contributed by atoms with van der Waals surface area (Å²) < 4.78 is 184. The van der Waals surface area contributed by atoms with Crippen LogP contribution in [0.25, 0.3) is 0 Å². The van der Waals surface area contributed by atoms with Crippen molar-refractivity contribution < 1.29 is 120 Å². The van der Waals surface area contributed by atoms with Crippen molar-refractivity contribution >= 4 is 81.4 Å². The molecule has 11 aliphatic heterocycles. The Bertz CT molecular complexity index is 1920. The summed E-state index contributed by atoms with van der Waals surface area (Å²) in [5, 5.41) is 0.